The normalized spacial score (nSPS) is 10.9. The van der Waals surface area contributed by atoms with Gasteiger partial charge in [-0.25, -0.2) is 0 Å². The first-order valence-electron chi connectivity index (χ1n) is 5.59. The Morgan fingerprint density at radius 2 is 1.25 bits per heavy atom. The summed E-state index contributed by atoms with van der Waals surface area (Å²) in [6.07, 6.45) is 4.17. The van der Waals surface area contributed by atoms with Crippen molar-refractivity contribution in [2.45, 2.75) is 13.8 Å². The van der Waals surface area contributed by atoms with Crippen molar-refractivity contribution in [3.8, 4) is 11.1 Å². The largest absolute Gasteiger partial charge is 0.0871 e. The average molecular weight is 208 g/mol. The zero-order valence-corrected chi connectivity index (χ0v) is 9.77. The molecule has 0 amide bonds. The fraction of sp³-hybridized carbons (Fsp3) is 0.125. The molecule has 0 bridgehead atoms. The van der Waals surface area contributed by atoms with Gasteiger partial charge in [0.25, 0.3) is 0 Å². The topological polar surface area (TPSA) is 0 Å². The van der Waals surface area contributed by atoms with Crippen LogP contribution in [-0.2, 0) is 0 Å². The van der Waals surface area contributed by atoms with E-state index in [1.165, 1.54) is 22.3 Å². The molecule has 0 aliphatic rings. The number of aryl methyl sites for hydroxylation is 1. The van der Waals surface area contributed by atoms with E-state index in [0.29, 0.717) is 0 Å². The van der Waals surface area contributed by atoms with Gasteiger partial charge < -0.3 is 0 Å². The first kappa shape index (κ1) is 10.7. The minimum atomic E-state index is 1.25. The molecule has 2 aromatic carbocycles. The van der Waals surface area contributed by atoms with Gasteiger partial charge in [0.1, 0.15) is 0 Å². The average Bonchev–Trinajstić information content (AvgIpc) is 2.32. The molecule has 80 valence electrons. The summed E-state index contributed by atoms with van der Waals surface area (Å²) in [6.45, 7) is 4.15. The van der Waals surface area contributed by atoms with Crippen molar-refractivity contribution in [2.24, 2.45) is 0 Å². The molecule has 0 spiro atoms. The highest BCUT2D eigenvalue weighted by atomic mass is 14.0. The summed E-state index contributed by atoms with van der Waals surface area (Å²) in [7, 11) is 0. The molecule has 0 saturated heterocycles. The third-order valence-corrected chi connectivity index (χ3v) is 2.65. The Labute approximate surface area is 97.3 Å². The van der Waals surface area contributed by atoms with E-state index in [2.05, 4.69) is 67.6 Å². The minimum Gasteiger partial charge on any atom is -0.0871 e. The molecule has 0 nitrogen and oxygen atoms in total. The Bertz CT molecular complexity index is 472. The van der Waals surface area contributed by atoms with E-state index in [1.54, 1.807) is 0 Å². The molecule has 0 heteroatoms. The summed E-state index contributed by atoms with van der Waals surface area (Å²) < 4.78 is 0. The van der Waals surface area contributed by atoms with E-state index in [9.17, 15) is 0 Å². The van der Waals surface area contributed by atoms with Gasteiger partial charge in [-0.2, -0.15) is 0 Å². The highest BCUT2D eigenvalue weighted by Crippen LogP contribution is 2.20. The third-order valence-electron chi connectivity index (χ3n) is 2.65. The van der Waals surface area contributed by atoms with Gasteiger partial charge in [-0.1, -0.05) is 66.2 Å². The number of benzene rings is 2. The fourth-order valence-corrected chi connectivity index (χ4v) is 1.73. The first-order valence-corrected chi connectivity index (χ1v) is 5.59. The molecule has 0 unspecified atom stereocenters. The van der Waals surface area contributed by atoms with Crippen molar-refractivity contribution in [3.05, 3.63) is 65.7 Å². The molecule has 16 heavy (non-hydrogen) atoms. The van der Waals surface area contributed by atoms with Crippen molar-refractivity contribution in [1.82, 2.24) is 0 Å². The predicted octanol–water partition coefficient (Wildman–Crippen LogP) is 4.70. The zero-order chi connectivity index (χ0) is 11.4. The number of allylic oxidation sites excluding steroid dienone is 1. The molecule has 0 radical (unpaired) electrons. The lowest BCUT2D eigenvalue weighted by Gasteiger charge is -2.02. The number of hydrogen-bond acceptors (Lipinski definition) is 0. The maximum Gasteiger partial charge on any atom is -0.0184 e. The van der Waals surface area contributed by atoms with Crippen molar-refractivity contribution < 1.29 is 0 Å². The second kappa shape index (κ2) is 4.80. The van der Waals surface area contributed by atoms with Gasteiger partial charge >= 0.3 is 0 Å². The highest BCUT2D eigenvalue weighted by molar-refractivity contribution is 5.65. The van der Waals surface area contributed by atoms with Crippen LogP contribution in [0, 0.1) is 6.92 Å². The second-order valence-electron chi connectivity index (χ2n) is 3.99. The van der Waals surface area contributed by atoms with Crippen LogP contribution in [0.25, 0.3) is 17.2 Å². The summed E-state index contributed by atoms with van der Waals surface area (Å²) in [5.74, 6) is 0. The van der Waals surface area contributed by atoms with Gasteiger partial charge in [0.05, 0.1) is 0 Å². The maximum absolute atomic E-state index is 2.17. The summed E-state index contributed by atoms with van der Waals surface area (Å²) in [5, 5.41) is 0. The van der Waals surface area contributed by atoms with Gasteiger partial charge in [-0.05, 0) is 30.5 Å². The van der Waals surface area contributed by atoms with Crippen LogP contribution < -0.4 is 0 Å². The fourth-order valence-electron chi connectivity index (χ4n) is 1.73. The standard InChI is InChI=1S/C16H16/c1-3-4-14-7-11-16(12-8-14)15-9-5-13(2)6-10-15/h3-12H,1-2H3. The van der Waals surface area contributed by atoms with Crippen LogP contribution in [0.2, 0.25) is 0 Å². The van der Waals surface area contributed by atoms with Gasteiger partial charge in [0.15, 0.2) is 0 Å². The van der Waals surface area contributed by atoms with Crippen molar-refractivity contribution in [3.63, 3.8) is 0 Å². The maximum atomic E-state index is 2.17. The van der Waals surface area contributed by atoms with E-state index in [-0.39, 0.29) is 0 Å². The molecule has 0 heterocycles. The van der Waals surface area contributed by atoms with Crippen molar-refractivity contribution in [1.29, 1.82) is 0 Å². The lowest BCUT2D eigenvalue weighted by atomic mass is 10.0. The Kier molecular flexibility index (Phi) is 3.21. The molecule has 0 aliphatic carbocycles. The third kappa shape index (κ3) is 2.40. The summed E-state index contributed by atoms with van der Waals surface area (Å²) >= 11 is 0. The lowest BCUT2D eigenvalue weighted by Crippen LogP contribution is -1.79. The minimum absolute atomic E-state index is 1.25. The van der Waals surface area contributed by atoms with E-state index < -0.39 is 0 Å². The van der Waals surface area contributed by atoms with Gasteiger partial charge in [0, 0.05) is 0 Å². The van der Waals surface area contributed by atoms with Crippen molar-refractivity contribution >= 4 is 6.08 Å². The van der Waals surface area contributed by atoms with Crippen LogP contribution >= 0.6 is 0 Å². The quantitative estimate of drug-likeness (QED) is 0.671. The Hall–Kier alpha value is -1.82. The van der Waals surface area contributed by atoms with Crippen LogP contribution in [0.1, 0.15) is 18.1 Å². The number of rotatable bonds is 2. The van der Waals surface area contributed by atoms with Crippen LogP contribution in [0.15, 0.2) is 54.6 Å². The van der Waals surface area contributed by atoms with Crippen LogP contribution in [0.4, 0.5) is 0 Å². The van der Waals surface area contributed by atoms with Crippen LogP contribution in [-0.4, -0.2) is 0 Å². The summed E-state index contributed by atoms with van der Waals surface area (Å²) in [4.78, 5) is 0. The molecule has 0 fully saturated rings. The molecule has 0 aliphatic heterocycles. The van der Waals surface area contributed by atoms with Crippen molar-refractivity contribution in [2.75, 3.05) is 0 Å². The summed E-state index contributed by atoms with van der Waals surface area (Å²) in [6, 6.07) is 17.3. The van der Waals surface area contributed by atoms with Crippen LogP contribution in [0.5, 0.6) is 0 Å². The second-order valence-corrected chi connectivity index (χ2v) is 3.99. The highest BCUT2D eigenvalue weighted by Gasteiger charge is 1.96. The van der Waals surface area contributed by atoms with E-state index >= 15 is 0 Å². The van der Waals surface area contributed by atoms with E-state index in [4.69, 9.17) is 0 Å². The number of hydrogen-bond donors (Lipinski definition) is 0. The Morgan fingerprint density at radius 1 is 0.750 bits per heavy atom. The molecule has 2 aromatic rings. The molecular weight excluding hydrogens is 192 g/mol. The molecule has 0 saturated carbocycles. The zero-order valence-electron chi connectivity index (χ0n) is 9.77. The molecule has 0 atom stereocenters. The first-order chi connectivity index (χ1) is 7.79. The summed E-state index contributed by atoms with van der Waals surface area (Å²) in [5.41, 5.74) is 5.10. The van der Waals surface area contributed by atoms with Gasteiger partial charge in [-0.15, -0.1) is 0 Å². The molecule has 2 rings (SSSR count). The smallest absolute Gasteiger partial charge is 0.0184 e. The predicted molar refractivity (Wildman–Crippen MR) is 71.3 cm³/mol. The molecule has 0 aromatic heterocycles. The Morgan fingerprint density at radius 3 is 1.75 bits per heavy atom. The molecular formula is C16H16. The lowest BCUT2D eigenvalue weighted by molar-refractivity contribution is 1.47. The van der Waals surface area contributed by atoms with E-state index in [0.717, 1.165) is 0 Å². The Balaban J connectivity index is 2.31. The van der Waals surface area contributed by atoms with Gasteiger partial charge in [-0.3, -0.25) is 0 Å². The molecule has 0 N–H and O–H groups in total. The SMILES string of the molecule is CC=Cc1ccc(-c2ccc(C)cc2)cc1. The van der Waals surface area contributed by atoms with E-state index in [1.807, 2.05) is 6.92 Å². The van der Waals surface area contributed by atoms with Crippen LogP contribution in [0.3, 0.4) is 0 Å². The van der Waals surface area contributed by atoms with Gasteiger partial charge in [0.2, 0.25) is 0 Å². The monoisotopic (exact) mass is 208 g/mol.